The fraction of sp³-hybridized carbons (Fsp3) is 0.692. The molecule has 1 spiro atoms. The summed E-state index contributed by atoms with van der Waals surface area (Å²) >= 11 is 6.69. The molecule has 2 aliphatic heterocycles. The van der Waals surface area contributed by atoms with Crippen LogP contribution in [0.15, 0.2) is 18.2 Å². The average Bonchev–Trinajstić information content (AvgIpc) is 3.45. The van der Waals surface area contributed by atoms with Gasteiger partial charge in [0.25, 0.3) is 0 Å². The third-order valence-corrected chi connectivity index (χ3v) is 8.81. The smallest absolute Gasteiger partial charge is 0.230 e. The van der Waals surface area contributed by atoms with E-state index in [-0.39, 0.29) is 29.4 Å². The summed E-state index contributed by atoms with van der Waals surface area (Å²) in [6.45, 7) is 2.41. The Morgan fingerprint density at radius 3 is 2.52 bits per heavy atom. The van der Waals surface area contributed by atoms with Crippen molar-refractivity contribution in [1.29, 1.82) is 0 Å². The number of carbonyl (C=O) groups excluding carboxylic acids is 2. The molecule has 2 heterocycles. The second-order valence-electron chi connectivity index (χ2n) is 10.7. The Labute approximate surface area is 201 Å². The summed E-state index contributed by atoms with van der Waals surface area (Å²) in [4.78, 5) is 30.4. The normalized spacial score (nSPS) is 30.9. The Morgan fingerprint density at radius 1 is 1.03 bits per heavy atom. The fourth-order valence-electron chi connectivity index (χ4n) is 6.56. The number of hydrogen-bond donors (Lipinski definition) is 2. The molecule has 5 rings (SSSR count). The van der Waals surface area contributed by atoms with Gasteiger partial charge in [0.15, 0.2) is 0 Å². The van der Waals surface area contributed by atoms with Crippen molar-refractivity contribution in [1.82, 2.24) is 4.90 Å². The number of nitrogens with one attached hydrogen (secondary N) is 1. The number of benzene rings is 1. The van der Waals surface area contributed by atoms with Gasteiger partial charge in [-0.25, -0.2) is 0 Å². The van der Waals surface area contributed by atoms with Gasteiger partial charge >= 0.3 is 0 Å². The van der Waals surface area contributed by atoms with Crippen molar-refractivity contribution >= 4 is 34.8 Å². The zero-order valence-corrected chi connectivity index (χ0v) is 20.2. The Hall–Kier alpha value is -1.79. The number of amides is 2. The van der Waals surface area contributed by atoms with E-state index >= 15 is 0 Å². The zero-order valence-electron chi connectivity index (χ0n) is 19.4. The van der Waals surface area contributed by atoms with Crippen molar-refractivity contribution in [3.05, 3.63) is 23.2 Å². The molecular formula is C26H36ClN3O3. The molecule has 7 heteroatoms. The van der Waals surface area contributed by atoms with Crippen LogP contribution >= 0.6 is 11.6 Å². The van der Waals surface area contributed by atoms with Gasteiger partial charge < -0.3 is 20.2 Å². The van der Waals surface area contributed by atoms with E-state index in [1.807, 2.05) is 18.2 Å². The van der Waals surface area contributed by atoms with Gasteiger partial charge in [-0.1, -0.05) is 24.4 Å². The summed E-state index contributed by atoms with van der Waals surface area (Å²) in [5.41, 5.74) is 1.36. The van der Waals surface area contributed by atoms with E-state index in [0.29, 0.717) is 17.5 Å². The van der Waals surface area contributed by atoms with E-state index in [2.05, 4.69) is 15.1 Å². The Bertz CT molecular complexity index is 895. The summed E-state index contributed by atoms with van der Waals surface area (Å²) in [5, 5.41) is 13.5. The molecule has 1 atom stereocenters. The van der Waals surface area contributed by atoms with Crippen LogP contribution in [-0.4, -0.2) is 53.6 Å². The lowest BCUT2D eigenvalue weighted by atomic mass is 9.78. The highest BCUT2D eigenvalue weighted by atomic mass is 35.5. The molecular weight excluding hydrogens is 438 g/mol. The van der Waals surface area contributed by atoms with E-state index < -0.39 is 0 Å². The molecule has 180 valence electrons. The Balaban J connectivity index is 1.26. The van der Waals surface area contributed by atoms with Crippen LogP contribution < -0.4 is 10.2 Å². The van der Waals surface area contributed by atoms with Crippen LogP contribution in [0.3, 0.4) is 0 Å². The number of hydrogen-bond acceptors (Lipinski definition) is 4. The van der Waals surface area contributed by atoms with E-state index in [1.54, 1.807) is 0 Å². The van der Waals surface area contributed by atoms with Gasteiger partial charge in [-0.2, -0.15) is 0 Å². The molecule has 0 bridgehead atoms. The predicted octanol–water partition coefficient (Wildman–Crippen LogP) is 4.59. The first-order chi connectivity index (χ1) is 15.9. The van der Waals surface area contributed by atoms with E-state index in [9.17, 15) is 14.7 Å². The monoisotopic (exact) mass is 473 g/mol. The molecule has 1 aromatic carbocycles. The highest BCUT2D eigenvalue weighted by molar-refractivity contribution is 6.33. The first kappa shape index (κ1) is 23.0. The van der Waals surface area contributed by atoms with Crippen LogP contribution in [0, 0.1) is 11.3 Å². The number of nitrogens with zero attached hydrogens (tertiary/aromatic N) is 2. The lowest BCUT2D eigenvalue weighted by Gasteiger charge is -2.41. The Morgan fingerprint density at radius 2 is 1.79 bits per heavy atom. The van der Waals surface area contributed by atoms with E-state index in [1.165, 1.54) is 0 Å². The van der Waals surface area contributed by atoms with E-state index in [0.717, 1.165) is 95.1 Å². The summed E-state index contributed by atoms with van der Waals surface area (Å²) in [6.07, 6.45) is 10.2. The summed E-state index contributed by atoms with van der Waals surface area (Å²) < 4.78 is 0. The van der Waals surface area contributed by atoms with Crippen LogP contribution in [0.1, 0.15) is 70.6 Å². The molecule has 2 N–H and O–H groups in total. The topological polar surface area (TPSA) is 72.9 Å². The lowest BCUT2D eigenvalue weighted by Crippen LogP contribution is -2.50. The lowest BCUT2D eigenvalue weighted by molar-refractivity contribution is -0.139. The maximum absolute atomic E-state index is 13.6. The first-order valence-corrected chi connectivity index (χ1v) is 13.2. The van der Waals surface area contributed by atoms with Crippen molar-refractivity contribution in [2.45, 2.75) is 82.8 Å². The molecule has 2 amide bonds. The number of aliphatic hydroxyl groups is 1. The van der Waals surface area contributed by atoms with Gasteiger partial charge in [0.05, 0.1) is 22.2 Å². The summed E-state index contributed by atoms with van der Waals surface area (Å²) in [7, 11) is 0. The zero-order chi connectivity index (χ0) is 23.0. The van der Waals surface area contributed by atoms with Gasteiger partial charge in [0.2, 0.25) is 11.8 Å². The first-order valence-electron chi connectivity index (χ1n) is 12.8. The van der Waals surface area contributed by atoms with Crippen molar-refractivity contribution in [3.63, 3.8) is 0 Å². The number of anilines is 2. The van der Waals surface area contributed by atoms with Crippen LogP contribution in [0.4, 0.5) is 11.4 Å². The van der Waals surface area contributed by atoms with Gasteiger partial charge in [0, 0.05) is 37.3 Å². The number of rotatable bonds is 4. The summed E-state index contributed by atoms with van der Waals surface area (Å²) in [5.74, 6) is 0.513. The van der Waals surface area contributed by atoms with Crippen molar-refractivity contribution in [3.8, 4) is 0 Å². The molecule has 2 saturated heterocycles. The maximum Gasteiger partial charge on any atom is 0.230 e. The molecule has 33 heavy (non-hydrogen) atoms. The van der Waals surface area contributed by atoms with Crippen molar-refractivity contribution in [2.75, 3.05) is 29.9 Å². The fourth-order valence-corrected chi connectivity index (χ4v) is 6.86. The third kappa shape index (κ3) is 4.61. The van der Waals surface area contributed by atoms with Gasteiger partial charge in [-0.15, -0.1) is 0 Å². The molecule has 2 aliphatic carbocycles. The number of likely N-dealkylation sites (tertiary alicyclic amines) is 1. The largest absolute Gasteiger partial charge is 0.393 e. The van der Waals surface area contributed by atoms with Gasteiger partial charge in [-0.05, 0) is 76.0 Å². The minimum absolute atomic E-state index is 0.0973. The minimum Gasteiger partial charge on any atom is -0.393 e. The SMILES string of the molecule is O=C(Nc1ccc(N2CCC[C@]3(CCN([C@H]4CC[C@H](O)CC4)C3=O)C2)c(Cl)c1)C1CCCC1. The van der Waals surface area contributed by atoms with Crippen LogP contribution in [0.5, 0.6) is 0 Å². The number of halogens is 1. The van der Waals surface area contributed by atoms with Crippen molar-refractivity contribution in [2.24, 2.45) is 11.3 Å². The Kier molecular flexibility index (Phi) is 6.58. The summed E-state index contributed by atoms with van der Waals surface area (Å²) in [6, 6.07) is 6.06. The maximum atomic E-state index is 13.6. The van der Waals surface area contributed by atoms with E-state index in [4.69, 9.17) is 11.6 Å². The number of aliphatic hydroxyl groups excluding tert-OH is 1. The second kappa shape index (κ2) is 9.46. The molecule has 6 nitrogen and oxygen atoms in total. The molecule has 4 aliphatic rings. The van der Waals surface area contributed by atoms with Crippen LogP contribution in [0.2, 0.25) is 5.02 Å². The second-order valence-corrected chi connectivity index (χ2v) is 11.1. The predicted molar refractivity (Wildman–Crippen MR) is 131 cm³/mol. The quantitative estimate of drug-likeness (QED) is 0.670. The molecule has 4 fully saturated rings. The molecule has 0 unspecified atom stereocenters. The van der Waals surface area contributed by atoms with Crippen LogP contribution in [0.25, 0.3) is 0 Å². The average molecular weight is 474 g/mol. The molecule has 0 radical (unpaired) electrons. The highest BCUT2D eigenvalue weighted by Gasteiger charge is 2.50. The molecule has 0 aromatic heterocycles. The molecule has 2 saturated carbocycles. The minimum atomic E-state index is -0.326. The van der Waals surface area contributed by atoms with Gasteiger partial charge in [-0.3, -0.25) is 9.59 Å². The van der Waals surface area contributed by atoms with Gasteiger partial charge in [0.1, 0.15) is 0 Å². The molecule has 1 aromatic rings. The standard InChI is InChI=1S/C26H36ClN3O3/c27-22-16-19(28-24(32)18-4-1-2-5-18)6-11-23(22)29-14-3-12-26(17-29)13-15-30(25(26)33)20-7-9-21(31)10-8-20/h6,11,16,18,20-21,31H,1-5,7-10,12-15,17H2,(H,28,32)/t20-,21-,26-/m0/s1. The van der Waals surface area contributed by atoms with Crippen molar-refractivity contribution < 1.29 is 14.7 Å². The number of piperidine rings is 1. The highest BCUT2D eigenvalue weighted by Crippen LogP contribution is 2.44. The number of carbonyl (C=O) groups is 2. The third-order valence-electron chi connectivity index (χ3n) is 8.51. The van der Waals surface area contributed by atoms with Crippen LogP contribution in [-0.2, 0) is 9.59 Å².